The Hall–Kier alpha value is -3.24. The number of amides is 1. The lowest BCUT2D eigenvalue weighted by Gasteiger charge is -2.30. The third-order valence-electron chi connectivity index (χ3n) is 6.88. The minimum absolute atomic E-state index is 0.0127. The van der Waals surface area contributed by atoms with Crippen molar-refractivity contribution in [1.82, 2.24) is 9.97 Å². The Labute approximate surface area is 207 Å². The van der Waals surface area contributed by atoms with Crippen LogP contribution in [-0.4, -0.2) is 40.7 Å². The highest BCUT2D eigenvalue weighted by Crippen LogP contribution is 2.45. The van der Waals surface area contributed by atoms with Gasteiger partial charge in [-0.2, -0.15) is 8.78 Å². The third kappa shape index (κ3) is 3.79. The first kappa shape index (κ1) is 25.8. The molecule has 10 heteroatoms. The molecule has 0 saturated carbocycles. The Morgan fingerprint density at radius 3 is 2.50 bits per heavy atom. The number of hydrogen-bond donors (Lipinski definition) is 2. The number of methoxy groups -OCH3 is 1. The summed E-state index contributed by atoms with van der Waals surface area (Å²) in [6, 6.07) is 6.46. The zero-order valence-electron chi connectivity index (χ0n) is 21.2. The number of halogens is 3. The summed E-state index contributed by atoms with van der Waals surface area (Å²) in [6.07, 6.45) is 0. The van der Waals surface area contributed by atoms with Crippen LogP contribution in [-0.2, 0) is 21.1 Å². The van der Waals surface area contributed by atoms with Crippen molar-refractivity contribution < 1.29 is 27.8 Å². The van der Waals surface area contributed by atoms with Crippen LogP contribution in [0.3, 0.4) is 0 Å². The molecule has 3 aromatic rings. The summed E-state index contributed by atoms with van der Waals surface area (Å²) in [7, 11) is 3.11. The van der Waals surface area contributed by atoms with Crippen LogP contribution >= 0.6 is 0 Å². The second-order valence-electron chi connectivity index (χ2n) is 9.82. The number of nitrogens with zero attached hydrogens (tertiary/aromatic N) is 3. The molecule has 1 aliphatic rings. The molecule has 0 spiro atoms. The van der Waals surface area contributed by atoms with Crippen LogP contribution in [0.2, 0.25) is 0 Å². The maximum absolute atomic E-state index is 15.3. The minimum Gasteiger partial charge on any atom is -0.384 e. The molecule has 0 saturated heterocycles. The van der Waals surface area contributed by atoms with Gasteiger partial charge in [-0.3, -0.25) is 4.79 Å². The zero-order valence-corrected chi connectivity index (χ0v) is 21.2. The molecule has 0 aliphatic carbocycles. The normalized spacial score (nSPS) is 19.1. The van der Waals surface area contributed by atoms with Gasteiger partial charge in [0.1, 0.15) is 23.1 Å². The average molecular weight is 503 g/mol. The van der Waals surface area contributed by atoms with Gasteiger partial charge in [0, 0.05) is 30.7 Å². The van der Waals surface area contributed by atoms with Gasteiger partial charge >= 0.3 is 5.92 Å². The van der Waals surface area contributed by atoms with E-state index in [9.17, 15) is 18.7 Å². The summed E-state index contributed by atoms with van der Waals surface area (Å²) in [5.41, 5.74) is -2.68. The van der Waals surface area contributed by atoms with Gasteiger partial charge in [-0.05, 0) is 52.8 Å². The molecule has 0 fully saturated rings. The number of carbonyl (C=O) groups excluding carboxylic acids is 1. The van der Waals surface area contributed by atoms with E-state index in [1.807, 2.05) is 0 Å². The number of fused-ring (bicyclic) bond motifs is 2. The number of aromatic nitrogens is 2. The van der Waals surface area contributed by atoms with Crippen molar-refractivity contribution in [1.29, 1.82) is 0 Å². The van der Waals surface area contributed by atoms with E-state index in [-0.39, 0.29) is 11.5 Å². The highest BCUT2D eigenvalue weighted by molar-refractivity contribution is 6.09. The smallest absolute Gasteiger partial charge is 0.303 e. The fraction of sp³-hybridized carbons (Fsp3) is 0.423. The minimum atomic E-state index is -3.81. The van der Waals surface area contributed by atoms with E-state index >= 15 is 4.39 Å². The lowest BCUT2D eigenvalue weighted by atomic mass is 9.91. The van der Waals surface area contributed by atoms with E-state index in [1.165, 1.54) is 24.1 Å². The van der Waals surface area contributed by atoms with Crippen LogP contribution in [0.4, 0.5) is 24.7 Å². The first-order valence-corrected chi connectivity index (χ1v) is 11.4. The number of carbonyl (C=O) groups is 1. The van der Waals surface area contributed by atoms with Crippen molar-refractivity contribution in [3.05, 3.63) is 58.7 Å². The largest absolute Gasteiger partial charge is 0.384 e. The van der Waals surface area contributed by atoms with Crippen LogP contribution in [0.25, 0.3) is 10.9 Å². The lowest BCUT2D eigenvalue weighted by molar-refractivity contribution is -0.170. The molecule has 2 aromatic carbocycles. The quantitative estimate of drug-likeness (QED) is 0.496. The van der Waals surface area contributed by atoms with Crippen molar-refractivity contribution in [3.8, 4) is 0 Å². The molecule has 2 atom stereocenters. The van der Waals surface area contributed by atoms with Crippen LogP contribution in [0.1, 0.15) is 56.3 Å². The molecule has 4 rings (SSSR count). The van der Waals surface area contributed by atoms with Crippen LogP contribution < -0.4 is 10.2 Å². The molecule has 36 heavy (non-hydrogen) atoms. The molecular formula is C26H29F3N4O3. The first-order valence-electron chi connectivity index (χ1n) is 11.4. The summed E-state index contributed by atoms with van der Waals surface area (Å²) in [4.78, 5) is 23.3. The summed E-state index contributed by atoms with van der Waals surface area (Å²) < 4.78 is 50.4. The van der Waals surface area contributed by atoms with Gasteiger partial charge in [-0.15, -0.1) is 0 Å². The van der Waals surface area contributed by atoms with E-state index in [4.69, 9.17) is 4.74 Å². The fourth-order valence-corrected chi connectivity index (χ4v) is 4.53. The molecular weight excluding hydrogens is 473 g/mol. The van der Waals surface area contributed by atoms with Crippen molar-refractivity contribution in [2.24, 2.45) is 0 Å². The predicted molar refractivity (Wildman–Crippen MR) is 131 cm³/mol. The Balaban J connectivity index is 1.80. The number of alkyl halides is 2. The Bertz CT molecular complexity index is 1370. The van der Waals surface area contributed by atoms with Gasteiger partial charge in [-0.25, -0.2) is 14.4 Å². The van der Waals surface area contributed by atoms with Crippen LogP contribution in [0, 0.1) is 12.7 Å². The van der Waals surface area contributed by atoms with Gasteiger partial charge < -0.3 is 20.1 Å². The highest BCUT2D eigenvalue weighted by atomic mass is 19.3. The van der Waals surface area contributed by atoms with Crippen molar-refractivity contribution in [3.63, 3.8) is 0 Å². The number of anilines is 2. The van der Waals surface area contributed by atoms with E-state index in [2.05, 4.69) is 15.3 Å². The molecule has 1 aliphatic heterocycles. The number of benzene rings is 2. The summed E-state index contributed by atoms with van der Waals surface area (Å²) in [5.74, 6) is -4.36. The standard InChI is InChI=1S/C26H29F3N4O3/c1-13(15-9-8-10-17(21(15)27)26(28,29)24(3,4)35)30-22-16-11-20-18(12-19(16)31-14(2)32-22)25(5,36-7)23(34)33(20)6/h8-13,35H,1-7H3,(H,30,31,32)/t13-,25-/m1/s1. The Kier molecular flexibility index (Phi) is 6.04. The highest BCUT2D eigenvalue weighted by Gasteiger charge is 2.49. The number of rotatable bonds is 6. The van der Waals surface area contributed by atoms with E-state index in [1.54, 1.807) is 40.0 Å². The predicted octanol–water partition coefficient (Wildman–Crippen LogP) is 4.95. The summed E-state index contributed by atoms with van der Waals surface area (Å²) in [6.45, 7) is 6.88. The number of hydrogen-bond acceptors (Lipinski definition) is 6. The van der Waals surface area contributed by atoms with Crippen LogP contribution in [0.5, 0.6) is 0 Å². The maximum atomic E-state index is 15.3. The molecule has 1 amide bonds. The monoisotopic (exact) mass is 502 g/mol. The first-order chi connectivity index (χ1) is 16.6. The maximum Gasteiger partial charge on any atom is 0.303 e. The van der Waals surface area contributed by atoms with Gasteiger partial charge in [0.05, 0.1) is 22.8 Å². The summed E-state index contributed by atoms with van der Waals surface area (Å²) >= 11 is 0. The number of aliphatic hydroxyl groups is 1. The number of nitrogens with one attached hydrogen (secondary N) is 1. The Morgan fingerprint density at radius 1 is 1.22 bits per heavy atom. The molecule has 2 N–H and O–H groups in total. The van der Waals surface area contributed by atoms with Crippen molar-refractivity contribution >= 4 is 28.3 Å². The second kappa shape index (κ2) is 8.41. The molecule has 0 radical (unpaired) electrons. The zero-order chi connectivity index (χ0) is 26.8. The third-order valence-corrected chi connectivity index (χ3v) is 6.88. The van der Waals surface area contributed by atoms with Gasteiger partial charge in [-0.1, -0.05) is 12.1 Å². The number of ether oxygens (including phenoxy) is 1. The molecule has 2 heterocycles. The Morgan fingerprint density at radius 2 is 1.89 bits per heavy atom. The van der Waals surface area contributed by atoms with Crippen molar-refractivity contribution in [2.75, 3.05) is 24.4 Å². The lowest BCUT2D eigenvalue weighted by Crippen LogP contribution is -2.41. The number of aryl methyl sites for hydroxylation is 1. The topological polar surface area (TPSA) is 87.6 Å². The molecule has 7 nitrogen and oxygen atoms in total. The van der Waals surface area contributed by atoms with Crippen molar-refractivity contribution in [2.45, 2.75) is 57.8 Å². The molecule has 0 bridgehead atoms. The average Bonchev–Trinajstić information content (AvgIpc) is 2.98. The van der Waals surface area contributed by atoms with E-state index < -0.39 is 34.5 Å². The fourth-order valence-electron chi connectivity index (χ4n) is 4.53. The molecule has 192 valence electrons. The number of likely N-dealkylation sites (N-methyl/N-ethyl adjacent to an activating group) is 1. The SMILES string of the molecule is CO[C@@]1(C)C(=O)N(C)c2cc3c(N[C@H](C)c4cccc(C(F)(F)C(C)(C)O)c4F)nc(C)nc3cc21. The van der Waals surface area contributed by atoms with Gasteiger partial charge in [0.2, 0.25) is 0 Å². The van der Waals surface area contributed by atoms with Gasteiger partial charge in [0.15, 0.2) is 5.60 Å². The second-order valence-corrected chi connectivity index (χ2v) is 9.82. The molecule has 1 aromatic heterocycles. The molecule has 0 unspecified atom stereocenters. The summed E-state index contributed by atoms with van der Waals surface area (Å²) in [5, 5.41) is 13.6. The van der Waals surface area contributed by atoms with E-state index in [0.717, 1.165) is 19.9 Å². The van der Waals surface area contributed by atoms with Gasteiger partial charge in [0.25, 0.3) is 5.91 Å². The van der Waals surface area contributed by atoms with Crippen LogP contribution in [0.15, 0.2) is 30.3 Å². The van der Waals surface area contributed by atoms with E-state index in [0.29, 0.717) is 33.8 Å².